The van der Waals surface area contributed by atoms with Gasteiger partial charge in [-0.2, -0.15) is 79.0 Å². The molecule has 3 heterocycles. The van der Waals surface area contributed by atoms with Crippen LogP contribution in [0.4, 0.5) is 90.4 Å². The van der Waals surface area contributed by atoms with E-state index in [0.29, 0.717) is 0 Å². The largest absolute Gasteiger partial charge is 0.435 e. The van der Waals surface area contributed by atoms with E-state index in [-0.39, 0.29) is 19.2 Å². The Morgan fingerprint density at radius 1 is 0.511 bits per heavy atom. The van der Waals surface area contributed by atoms with Crippen molar-refractivity contribution in [3.05, 3.63) is 34.6 Å². The number of anilines is 1. The molecular formula is C23H6F18N6. The summed E-state index contributed by atoms with van der Waals surface area (Å²) in [6.45, 7) is 0. The summed E-state index contributed by atoms with van der Waals surface area (Å²) in [5.74, 6) is 0. The first-order chi connectivity index (χ1) is 21.0. The van der Waals surface area contributed by atoms with Crippen LogP contribution < -0.4 is 4.90 Å². The van der Waals surface area contributed by atoms with Crippen LogP contribution in [-0.4, -0.2) is 51.1 Å². The molecule has 0 spiro atoms. The lowest BCUT2D eigenvalue weighted by Crippen LogP contribution is -2.55. The number of hydrogen-bond acceptors (Lipinski definition) is 6. The van der Waals surface area contributed by atoms with Gasteiger partial charge in [0.1, 0.15) is 27.8 Å². The third kappa shape index (κ3) is 5.63. The highest BCUT2D eigenvalue weighted by atomic mass is 19.4. The first-order valence-corrected chi connectivity index (χ1v) is 11.8. The van der Waals surface area contributed by atoms with E-state index in [1.54, 1.807) is 0 Å². The van der Waals surface area contributed by atoms with Crippen molar-refractivity contribution in [1.82, 2.24) is 19.9 Å². The minimum atomic E-state index is -6.06. The molecule has 1 aliphatic rings. The second kappa shape index (κ2) is 9.81. The van der Waals surface area contributed by atoms with Crippen LogP contribution in [0.3, 0.4) is 0 Å². The molecule has 4 aromatic rings. The van der Waals surface area contributed by atoms with Gasteiger partial charge in [0.25, 0.3) is 0 Å². The monoisotopic (exact) mass is 708 g/mol. The van der Waals surface area contributed by atoms with E-state index >= 15 is 0 Å². The van der Waals surface area contributed by atoms with Gasteiger partial charge in [-0.05, 0) is 12.1 Å². The summed E-state index contributed by atoms with van der Waals surface area (Å²) in [4.78, 5) is 14.9. The quantitative estimate of drug-likeness (QED) is 0.104. The van der Waals surface area contributed by atoms with E-state index in [1.165, 1.54) is 0 Å². The molecule has 6 nitrogen and oxygen atoms in total. The van der Waals surface area contributed by atoms with E-state index in [0.717, 1.165) is 0 Å². The van der Waals surface area contributed by atoms with Crippen molar-refractivity contribution in [3.63, 3.8) is 0 Å². The molecule has 0 N–H and O–H groups in total. The molecule has 0 bridgehead atoms. The summed E-state index contributed by atoms with van der Waals surface area (Å²) in [6.07, 6.45) is -35.6. The van der Waals surface area contributed by atoms with E-state index in [2.05, 4.69) is 24.9 Å². The Labute approximate surface area is 244 Å². The van der Waals surface area contributed by atoms with E-state index in [9.17, 15) is 79.0 Å². The van der Waals surface area contributed by atoms with Crippen molar-refractivity contribution in [3.8, 4) is 0 Å². The Balaban J connectivity index is 2.10. The summed E-state index contributed by atoms with van der Waals surface area (Å²) in [5, 5.41) is 0. The molecule has 0 saturated carbocycles. The zero-order chi connectivity index (χ0) is 35.6. The van der Waals surface area contributed by atoms with Gasteiger partial charge >= 0.3 is 37.1 Å². The SMILES string of the molecule is CN1c2c(c3nc4cc(C(F)(F)F)c(C(F)(F)F)cc4nc3c3nc(C(F)(F)F)c(C(F)(F)F)nc23)N=C(C(F)(F)F)C1C(F)(F)F. The molecule has 0 fully saturated rings. The molecule has 254 valence electrons. The Hall–Kier alpha value is -4.41. The van der Waals surface area contributed by atoms with Crippen LogP contribution in [0.2, 0.25) is 0 Å². The molecule has 2 aromatic carbocycles. The third-order valence-corrected chi connectivity index (χ3v) is 6.58. The average molecular weight is 708 g/mol. The lowest BCUT2D eigenvalue weighted by atomic mass is 10.0. The Morgan fingerprint density at radius 3 is 1.30 bits per heavy atom. The lowest BCUT2D eigenvalue weighted by molar-refractivity contribution is -0.167. The summed E-state index contributed by atoms with van der Waals surface area (Å²) in [5.41, 5.74) is -24.8. The Kier molecular flexibility index (Phi) is 7.08. The van der Waals surface area contributed by atoms with Crippen LogP contribution in [-0.2, 0) is 24.7 Å². The van der Waals surface area contributed by atoms with Gasteiger partial charge in [0.15, 0.2) is 23.1 Å². The smallest absolute Gasteiger partial charge is 0.354 e. The normalized spacial score (nSPS) is 17.1. The first kappa shape index (κ1) is 33.9. The highest BCUT2D eigenvalue weighted by Gasteiger charge is 2.58. The molecule has 1 unspecified atom stereocenters. The third-order valence-electron chi connectivity index (χ3n) is 6.58. The van der Waals surface area contributed by atoms with E-state index < -0.39 is 121 Å². The number of nitrogens with zero attached hydrogens (tertiary/aromatic N) is 6. The number of rotatable bonds is 0. The minimum absolute atomic E-state index is 0.209. The zero-order valence-electron chi connectivity index (χ0n) is 21.7. The molecule has 24 heteroatoms. The second-order valence-corrected chi connectivity index (χ2v) is 9.66. The van der Waals surface area contributed by atoms with Crippen LogP contribution in [0.1, 0.15) is 22.5 Å². The topological polar surface area (TPSA) is 67.2 Å². The fraction of sp³-hybridized carbons (Fsp3) is 0.348. The van der Waals surface area contributed by atoms with Crippen molar-refractivity contribution in [1.29, 1.82) is 0 Å². The standard InChI is InChI=1S/C23H6F18N6/c1-47-13-11(46-16(22(36,37)38)17(47)23(39,40)41)9-8(10-12(13)45-15(21(33,34)35)14(44-10)20(30,31)32)42-6-2-4(18(24,25)26)5(19(27,28)29)3-7(6)43-9/h2-3,17H,1H3. The van der Waals surface area contributed by atoms with Gasteiger partial charge in [0.05, 0.1) is 27.8 Å². The number of aliphatic imine (C=N–C) groups is 1. The number of alkyl halides is 18. The van der Waals surface area contributed by atoms with Crippen LogP contribution in [0.25, 0.3) is 33.1 Å². The Morgan fingerprint density at radius 2 is 0.915 bits per heavy atom. The van der Waals surface area contributed by atoms with Gasteiger partial charge in [-0.15, -0.1) is 0 Å². The van der Waals surface area contributed by atoms with Gasteiger partial charge in [0, 0.05) is 7.05 Å². The minimum Gasteiger partial charge on any atom is -0.354 e. The molecule has 0 radical (unpaired) electrons. The molecule has 0 saturated heterocycles. The maximum absolute atomic E-state index is 14.0. The molecule has 1 aliphatic heterocycles. The number of hydrogen-bond donors (Lipinski definition) is 0. The van der Waals surface area contributed by atoms with Gasteiger partial charge in [-0.25, -0.2) is 24.9 Å². The number of fused-ring (bicyclic) bond motifs is 7. The number of benzene rings is 2. The maximum Gasteiger partial charge on any atom is 0.435 e. The molecule has 0 amide bonds. The number of aromatic nitrogens is 4. The molecule has 2 aromatic heterocycles. The van der Waals surface area contributed by atoms with Crippen LogP contribution in [0, 0.1) is 0 Å². The van der Waals surface area contributed by atoms with Crippen molar-refractivity contribution < 1.29 is 79.0 Å². The fourth-order valence-corrected chi connectivity index (χ4v) is 4.81. The first-order valence-electron chi connectivity index (χ1n) is 11.8. The van der Waals surface area contributed by atoms with E-state index in [1.807, 2.05) is 0 Å². The summed E-state index contributed by atoms with van der Waals surface area (Å²) >= 11 is 0. The predicted octanol–water partition coefficient (Wildman–Crippen LogP) is 8.82. The fourth-order valence-electron chi connectivity index (χ4n) is 4.81. The van der Waals surface area contributed by atoms with Crippen LogP contribution >= 0.6 is 0 Å². The van der Waals surface area contributed by atoms with Crippen molar-refractivity contribution in [2.24, 2.45) is 4.99 Å². The highest BCUT2D eigenvalue weighted by Crippen LogP contribution is 2.51. The van der Waals surface area contributed by atoms with Crippen LogP contribution in [0.5, 0.6) is 0 Å². The van der Waals surface area contributed by atoms with Gasteiger partial charge in [-0.3, -0.25) is 0 Å². The van der Waals surface area contributed by atoms with E-state index in [4.69, 9.17) is 0 Å². The second-order valence-electron chi connectivity index (χ2n) is 9.66. The molecule has 1 atom stereocenters. The zero-order valence-corrected chi connectivity index (χ0v) is 21.7. The molecule has 0 aliphatic carbocycles. The Bertz CT molecular complexity index is 1980. The highest BCUT2D eigenvalue weighted by molar-refractivity contribution is 6.19. The summed E-state index contributed by atoms with van der Waals surface area (Å²) in [7, 11) is 0.209. The molecular weight excluding hydrogens is 702 g/mol. The summed E-state index contributed by atoms with van der Waals surface area (Å²) in [6, 6.07) is -4.46. The average Bonchev–Trinajstić information content (AvgIpc) is 2.87. The van der Waals surface area contributed by atoms with Gasteiger partial charge < -0.3 is 4.90 Å². The van der Waals surface area contributed by atoms with Crippen molar-refractivity contribution in [2.45, 2.75) is 43.1 Å². The lowest BCUT2D eigenvalue weighted by Gasteiger charge is -2.37. The number of halogens is 18. The van der Waals surface area contributed by atoms with Gasteiger partial charge in [-0.1, -0.05) is 0 Å². The maximum atomic E-state index is 14.0. The predicted molar refractivity (Wildman–Crippen MR) is 122 cm³/mol. The van der Waals surface area contributed by atoms with Gasteiger partial charge in [0.2, 0.25) is 0 Å². The molecule has 5 rings (SSSR count). The summed E-state index contributed by atoms with van der Waals surface area (Å²) < 4.78 is 247. The van der Waals surface area contributed by atoms with Crippen LogP contribution in [0.15, 0.2) is 17.1 Å². The molecule has 47 heavy (non-hydrogen) atoms. The van der Waals surface area contributed by atoms with Crippen molar-refractivity contribution in [2.75, 3.05) is 11.9 Å². The van der Waals surface area contributed by atoms with Crippen molar-refractivity contribution >= 4 is 50.2 Å².